The Morgan fingerprint density at radius 2 is 2.21 bits per heavy atom. The molecule has 14 heavy (non-hydrogen) atoms. The highest BCUT2D eigenvalue weighted by atomic mass is 15.1. The number of nitrogen functional groups attached to an aromatic ring is 2. The molecule has 5 N–H and O–H groups in total. The van der Waals surface area contributed by atoms with Crippen LogP contribution in [0.15, 0.2) is 6.07 Å². The first-order chi connectivity index (χ1) is 6.72. The summed E-state index contributed by atoms with van der Waals surface area (Å²) in [6, 6.07) is 1.63. The van der Waals surface area contributed by atoms with Crippen LogP contribution in [0.3, 0.4) is 0 Å². The smallest absolute Gasteiger partial charge is 0.223 e. The van der Waals surface area contributed by atoms with Crippen molar-refractivity contribution < 1.29 is 0 Å². The SMILES string of the molecule is C#CCCCNc1cc(N)nc(N)n1. The van der Waals surface area contributed by atoms with E-state index < -0.39 is 0 Å². The number of hydrogen-bond acceptors (Lipinski definition) is 5. The molecule has 0 fully saturated rings. The van der Waals surface area contributed by atoms with Crippen LogP contribution in [0, 0.1) is 12.3 Å². The van der Waals surface area contributed by atoms with Crippen molar-refractivity contribution in [3.05, 3.63) is 6.07 Å². The fourth-order valence-corrected chi connectivity index (χ4v) is 0.983. The van der Waals surface area contributed by atoms with Crippen LogP contribution >= 0.6 is 0 Å². The second-order valence-corrected chi connectivity index (χ2v) is 2.77. The third-order valence-electron chi connectivity index (χ3n) is 1.57. The summed E-state index contributed by atoms with van der Waals surface area (Å²) in [6.45, 7) is 0.750. The highest BCUT2D eigenvalue weighted by Gasteiger charge is 1.97. The summed E-state index contributed by atoms with van der Waals surface area (Å²) in [5.74, 6) is 3.72. The van der Waals surface area contributed by atoms with Gasteiger partial charge in [-0.05, 0) is 6.42 Å². The van der Waals surface area contributed by atoms with Crippen LogP contribution in [-0.4, -0.2) is 16.5 Å². The molecule has 1 heterocycles. The van der Waals surface area contributed by atoms with E-state index in [1.54, 1.807) is 6.07 Å². The lowest BCUT2D eigenvalue weighted by molar-refractivity contribution is 0.900. The third-order valence-corrected chi connectivity index (χ3v) is 1.57. The molecule has 0 atom stereocenters. The van der Waals surface area contributed by atoms with Gasteiger partial charge in [-0.1, -0.05) is 0 Å². The number of unbranched alkanes of at least 4 members (excludes halogenated alkanes) is 1. The summed E-state index contributed by atoms with van der Waals surface area (Å²) < 4.78 is 0. The van der Waals surface area contributed by atoms with Gasteiger partial charge in [0.15, 0.2) is 0 Å². The maximum atomic E-state index is 5.49. The minimum Gasteiger partial charge on any atom is -0.383 e. The predicted octanol–water partition coefficient (Wildman–Crippen LogP) is 0.466. The Balaban J connectivity index is 2.47. The number of anilines is 3. The van der Waals surface area contributed by atoms with Crippen LogP contribution in [0.5, 0.6) is 0 Å². The van der Waals surface area contributed by atoms with Crippen molar-refractivity contribution in [2.75, 3.05) is 23.3 Å². The van der Waals surface area contributed by atoms with E-state index in [-0.39, 0.29) is 5.95 Å². The van der Waals surface area contributed by atoms with Gasteiger partial charge in [-0.15, -0.1) is 12.3 Å². The summed E-state index contributed by atoms with van der Waals surface area (Å²) in [6.07, 6.45) is 6.74. The van der Waals surface area contributed by atoms with Crippen LogP contribution in [0.1, 0.15) is 12.8 Å². The van der Waals surface area contributed by atoms with E-state index >= 15 is 0 Å². The second kappa shape index (κ2) is 4.92. The first-order valence-electron chi connectivity index (χ1n) is 4.29. The zero-order chi connectivity index (χ0) is 10.4. The van der Waals surface area contributed by atoms with Gasteiger partial charge in [0.25, 0.3) is 0 Å². The maximum absolute atomic E-state index is 5.49. The van der Waals surface area contributed by atoms with Crippen molar-refractivity contribution in [3.63, 3.8) is 0 Å². The number of nitrogens with one attached hydrogen (secondary N) is 1. The molecule has 0 bridgehead atoms. The molecule has 0 aliphatic carbocycles. The average Bonchev–Trinajstić information content (AvgIpc) is 2.11. The van der Waals surface area contributed by atoms with Gasteiger partial charge in [-0.3, -0.25) is 0 Å². The summed E-state index contributed by atoms with van der Waals surface area (Å²) >= 11 is 0. The van der Waals surface area contributed by atoms with E-state index in [0.717, 1.165) is 19.4 Å². The van der Waals surface area contributed by atoms with Gasteiger partial charge in [0.2, 0.25) is 5.95 Å². The molecule has 0 radical (unpaired) electrons. The van der Waals surface area contributed by atoms with Crippen molar-refractivity contribution in [1.29, 1.82) is 0 Å². The minimum atomic E-state index is 0.171. The van der Waals surface area contributed by atoms with Crippen LogP contribution in [0.25, 0.3) is 0 Å². The molecule has 1 aromatic rings. The average molecular weight is 191 g/mol. The summed E-state index contributed by atoms with van der Waals surface area (Å²) in [7, 11) is 0. The van der Waals surface area contributed by atoms with E-state index in [2.05, 4.69) is 21.2 Å². The third kappa shape index (κ3) is 3.19. The molecule has 0 aromatic carbocycles. The fourth-order valence-electron chi connectivity index (χ4n) is 0.983. The number of nitrogens with zero attached hydrogens (tertiary/aromatic N) is 2. The lowest BCUT2D eigenvalue weighted by Gasteiger charge is -2.05. The van der Waals surface area contributed by atoms with Crippen LogP contribution in [-0.2, 0) is 0 Å². The number of terminal acetylenes is 1. The molecule has 1 rings (SSSR count). The highest BCUT2D eigenvalue weighted by molar-refractivity contribution is 5.48. The Bertz CT molecular complexity index is 321. The molecule has 74 valence electrons. The number of nitrogens with two attached hydrogens (primary N) is 2. The molecule has 0 saturated carbocycles. The monoisotopic (exact) mass is 191 g/mol. The largest absolute Gasteiger partial charge is 0.383 e. The van der Waals surface area contributed by atoms with E-state index in [9.17, 15) is 0 Å². The summed E-state index contributed by atoms with van der Waals surface area (Å²) in [4.78, 5) is 7.71. The molecule has 0 spiro atoms. The van der Waals surface area contributed by atoms with Gasteiger partial charge in [-0.2, -0.15) is 9.97 Å². The molecule has 5 nitrogen and oxygen atoms in total. The van der Waals surface area contributed by atoms with Crippen molar-refractivity contribution in [2.45, 2.75) is 12.8 Å². The van der Waals surface area contributed by atoms with Crippen LogP contribution < -0.4 is 16.8 Å². The maximum Gasteiger partial charge on any atom is 0.223 e. The molecule has 0 saturated heterocycles. The van der Waals surface area contributed by atoms with E-state index in [1.165, 1.54) is 0 Å². The predicted molar refractivity (Wildman–Crippen MR) is 57.4 cm³/mol. The molecule has 0 aliphatic rings. The molecular weight excluding hydrogens is 178 g/mol. The molecule has 0 aliphatic heterocycles. The molecule has 0 amide bonds. The fraction of sp³-hybridized carbons (Fsp3) is 0.333. The van der Waals surface area contributed by atoms with Gasteiger partial charge >= 0.3 is 0 Å². The summed E-state index contributed by atoms with van der Waals surface area (Å²) in [5.41, 5.74) is 10.9. The standard InChI is InChI=1S/C9H13N5/c1-2-3-4-5-12-8-6-7(10)13-9(11)14-8/h1,6H,3-5H2,(H5,10,11,12,13,14). The Morgan fingerprint density at radius 3 is 2.86 bits per heavy atom. The number of rotatable bonds is 4. The van der Waals surface area contributed by atoms with E-state index in [0.29, 0.717) is 11.6 Å². The quantitative estimate of drug-likeness (QED) is 0.475. The van der Waals surface area contributed by atoms with Crippen LogP contribution in [0.4, 0.5) is 17.6 Å². The van der Waals surface area contributed by atoms with Crippen molar-refractivity contribution in [1.82, 2.24) is 9.97 Å². The molecule has 5 heteroatoms. The van der Waals surface area contributed by atoms with Gasteiger partial charge in [0.05, 0.1) is 0 Å². The van der Waals surface area contributed by atoms with Gasteiger partial charge in [0.1, 0.15) is 11.6 Å². The number of aromatic nitrogens is 2. The topological polar surface area (TPSA) is 89.8 Å². The zero-order valence-electron chi connectivity index (χ0n) is 7.83. The molecular formula is C9H13N5. The Hall–Kier alpha value is -1.96. The Labute approximate surface area is 82.9 Å². The Kier molecular flexibility index (Phi) is 3.56. The molecule has 1 aromatic heterocycles. The van der Waals surface area contributed by atoms with Crippen molar-refractivity contribution >= 4 is 17.6 Å². The second-order valence-electron chi connectivity index (χ2n) is 2.77. The van der Waals surface area contributed by atoms with Crippen molar-refractivity contribution in [2.24, 2.45) is 0 Å². The lowest BCUT2D eigenvalue weighted by atomic mass is 10.3. The normalized spacial score (nSPS) is 9.36. The van der Waals surface area contributed by atoms with Crippen LogP contribution in [0.2, 0.25) is 0 Å². The minimum absolute atomic E-state index is 0.171. The number of hydrogen-bond donors (Lipinski definition) is 3. The molecule has 0 unspecified atom stereocenters. The van der Waals surface area contributed by atoms with Gasteiger partial charge < -0.3 is 16.8 Å². The van der Waals surface area contributed by atoms with Gasteiger partial charge in [0, 0.05) is 19.0 Å². The highest BCUT2D eigenvalue weighted by Crippen LogP contribution is 2.08. The first-order valence-corrected chi connectivity index (χ1v) is 4.29. The first kappa shape index (κ1) is 10.1. The van der Waals surface area contributed by atoms with Crippen molar-refractivity contribution in [3.8, 4) is 12.3 Å². The Morgan fingerprint density at radius 1 is 1.43 bits per heavy atom. The summed E-state index contributed by atoms with van der Waals surface area (Å²) in [5, 5.41) is 3.05. The van der Waals surface area contributed by atoms with Gasteiger partial charge in [-0.25, -0.2) is 0 Å². The zero-order valence-corrected chi connectivity index (χ0v) is 7.83. The van der Waals surface area contributed by atoms with E-state index in [1.807, 2.05) is 0 Å². The van der Waals surface area contributed by atoms with E-state index in [4.69, 9.17) is 17.9 Å². The lowest BCUT2D eigenvalue weighted by Crippen LogP contribution is -2.07.